The van der Waals surface area contributed by atoms with Crippen LogP contribution in [0.4, 0.5) is 0 Å². The lowest BCUT2D eigenvalue weighted by Crippen LogP contribution is -2.50. The molecule has 26 aliphatic rings. The van der Waals surface area contributed by atoms with Crippen LogP contribution in [-0.2, 0) is 0 Å². The third kappa shape index (κ3) is 32.1. The first-order valence-corrected chi connectivity index (χ1v) is 57.5. The summed E-state index contributed by atoms with van der Waals surface area (Å²) in [5.41, 5.74) is 3.80. The first-order valence-electron chi connectivity index (χ1n) is 63.0. The minimum atomic E-state index is -0.113. The molecule has 17 atom stereocenters. The van der Waals surface area contributed by atoms with Gasteiger partial charge in [0.25, 0.3) is 0 Å². The standard InChI is InChI=1S/C15H26.C13H24.2C12H22.3C11H20.2C10H18.2C9H16/c1-13-6-11-14-7-2-4-9-15(14,12-13)10-5-3-8-14;1-11-8-9-12-4-2-6-13(10-11)7-3-5-12;1-10-5-6-11-3-2-4-12(9-10)8-7-11;1-11-6-5-9-12(10-11)7-3-2-4-8-12;1-9-2-3-10-4-6-11(8-9)7-5-10;1-9-5-6-10-3-2-4-11(7-9)8-10;1-10-5-8-11(9-10)6-3-2-4-7-11;1-8-2-3-9-4-5-10(6-8)7-9;1-9-4-7-10(8-9)5-2-3-6-10;1-8-3-6-9(7-8)4-2-5-9;1-7-2-3-8-5-9(4-7)6-8/h13H,2-12H2,1H3;11-13H,2-10H2,1H3;10-12H,2-9H2,1H3;11H,2-10H2,1H3;2*9-11H,2-8H2,1H3;10H,2-9H2,1H3;8-10H,2-7H2,1H3;9H,2-8H2,1H3;8H,2-7H2,1H3;7-9H,2-6H2,1H3/t13-,14?,15?;11-,12?,13?;10-,11?,12?;11-;2*9-,10?,11?;10-;8-,9?,10?;9-;8-;7-,8?,9?/m11111111111/s1/i13D;11D;10D;11D;2*9D;10D;8D;9D;8D;7D. The van der Waals surface area contributed by atoms with Gasteiger partial charge in [0, 0.05) is 15.1 Å². The predicted molar refractivity (Wildman–Crippen MR) is 540 cm³/mol. The van der Waals surface area contributed by atoms with E-state index in [4.69, 9.17) is 15.1 Å². The number of fused-ring (bicyclic) bond motifs is 22. The molecule has 26 fully saturated rings. The molecule has 0 aliphatic heterocycles. The van der Waals surface area contributed by atoms with Crippen LogP contribution in [0.1, 0.15) is 624 Å². The van der Waals surface area contributed by atoms with E-state index in [-0.39, 0.29) is 64.8 Å². The lowest BCUT2D eigenvalue weighted by atomic mass is 9.44. The lowest BCUT2D eigenvalue weighted by molar-refractivity contribution is -0.105. The topological polar surface area (TPSA) is 0 Å². The number of hydrogen-bond acceptors (Lipinski definition) is 0. The van der Waals surface area contributed by atoms with E-state index in [1.807, 2.05) is 0 Å². The van der Waals surface area contributed by atoms with Gasteiger partial charge in [0.05, 0.1) is 0 Å². The Morgan fingerprint density at radius 1 is 0.130 bits per heavy atom. The highest BCUT2D eigenvalue weighted by Crippen LogP contribution is 2.67. The van der Waals surface area contributed by atoms with Gasteiger partial charge in [0.15, 0.2) is 0 Å². The summed E-state index contributed by atoms with van der Waals surface area (Å²) in [6.45, 7) is 23.5. The largest absolute Gasteiger partial charge is 0.0625 e. The van der Waals surface area contributed by atoms with E-state index < -0.39 is 0 Å². The van der Waals surface area contributed by atoms with Gasteiger partial charge in [-0.05, 0) is 374 Å². The quantitative estimate of drug-likeness (QED) is 0.227. The molecule has 26 rings (SSSR count). The second kappa shape index (κ2) is 50.5. The molecule has 0 saturated heterocycles. The van der Waals surface area contributed by atoms with E-state index in [2.05, 4.69) is 76.2 Å². The van der Waals surface area contributed by atoms with Gasteiger partial charge in [-0.3, -0.25) is 0 Å². The van der Waals surface area contributed by atoms with Gasteiger partial charge in [-0.1, -0.05) is 404 Å². The van der Waals surface area contributed by atoms with Gasteiger partial charge >= 0.3 is 0 Å². The summed E-state index contributed by atoms with van der Waals surface area (Å²) in [4.78, 5) is 0. The minimum absolute atomic E-state index is 0.0690. The molecule has 26 saturated carbocycles. The maximum atomic E-state index is 8.46. The van der Waals surface area contributed by atoms with Crippen molar-refractivity contribution in [3.8, 4) is 0 Å². The molecule has 714 valence electrons. The Kier molecular flexibility index (Phi) is 35.3. The molecular weight excluding hydrogens is 1480 g/mol. The fourth-order valence-corrected chi connectivity index (χ4v) is 33.6. The van der Waals surface area contributed by atoms with E-state index in [0.29, 0.717) is 32.5 Å². The Bertz CT molecular complexity index is 3360. The van der Waals surface area contributed by atoms with Crippen LogP contribution in [0.25, 0.3) is 0 Å². The zero-order valence-corrected chi connectivity index (χ0v) is 85.1. The zero-order valence-electron chi connectivity index (χ0n) is 96.1. The van der Waals surface area contributed by atoms with Crippen molar-refractivity contribution in [1.29, 1.82) is 0 Å². The Balaban J connectivity index is 0.000000125. The maximum Gasteiger partial charge on any atom is 0.0300 e. The smallest absolute Gasteiger partial charge is 0.0300 e. The Morgan fingerprint density at radius 2 is 0.350 bits per heavy atom. The minimum Gasteiger partial charge on any atom is -0.0625 e. The zero-order chi connectivity index (χ0) is 96.1. The van der Waals surface area contributed by atoms with Crippen LogP contribution in [0.5, 0.6) is 0 Å². The predicted octanol–water partition coefficient (Wildman–Crippen LogP) is 40.9. The van der Waals surface area contributed by atoms with Gasteiger partial charge in [0.2, 0.25) is 0 Å². The number of hydrogen-bond donors (Lipinski definition) is 0. The summed E-state index contributed by atoms with van der Waals surface area (Å²) in [5, 5.41) is 0. The molecular formula is C123H222. The SMILES string of the molecule is [2H][C@@]1(C)CCC2(CCC2)C1.[2H][C@@]1(C)CCC2(CCCC2)C1.[2H][C@@]1(C)CCC2(CCCCC2)C1.[2H][C@@]1(C)CCC23CCCCC2(CCCC3)C1.[2H][C@@]1(C)CCC2CC(C2)C1.[2H][C@@]1(C)CCC2CCC(C2)C1.[2H][C@@]1(C)CCC2CCC(CC2)C1.[2H][C@@]1(C)CCC2CCCC(C2)C1.[2H][C@@]1(C)CCC2CCCC(CC2)C1.[2H][C@@]1(C)CCC2CCCC(CCC2)C1.[2H][C@@]1(C)CCCC2(CCCCC2)C1. The fraction of sp³-hybridized carbons (Fsp3) is 1.00. The average Bonchev–Trinajstić information content (AvgIpc) is 0.919. The first-order chi connectivity index (χ1) is 63.0. The van der Waals surface area contributed by atoms with Crippen molar-refractivity contribution in [3.05, 3.63) is 0 Å². The Morgan fingerprint density at radius 3 is 0.748 bits per heavy atom. The third-order valence-electron chi connectivity index (χ3n) is 41.3. The molecule has 0 radical (unpaired) electrons. The molecule has 26 aliphatic carbocycles. The molecule has 0 heteroatoms. The lowest BCUT2D eigenvalue weighted by Gasteiger charge is -2.61. The summed E-state index contributed by atoms with van der Waals surface area (Å²) in [5.74, 6) is 10.3. The van der Waals surface area contributed by atoms with Crippen molar-refractivity contribution in [1.82, 2.24) is 0 Å². The molecule has 0 aromatic heterocycles. The van der Waals surface area contributed by atoms with Crippen LogP contribution >= 0.6 is 0 Å². The van der Waals surface area contributed by atoms with Crippen molar-refractivity contribution in [3.63, 3.8) is 0 Å². The van der Waals surface area contributed by atoms with Crippen molar-refractivity contribution in [2.45, 2.75) is 609 Å². The molecule has 12 bridgehead atoms. The van der Waals surface area contributed by atoms with E-state index in [9.17, 15) is 0 Å². The third-order valence-corrected chi connectivity index (χ3v) is 41.3. The Labute approximate surface area is 788 Å². The van der Waals surface area contributed by atoms with Crippen molar-refractivity contribution >= 4 is 0 Å². The van der Waals surface area contributed by atoms with Gasteiger partial charge in [-0.2, -0.15) is 0 Å². The summed E-state index contributed by atoms with van der Waals surface area (Å²) >= 11 is 0. The molecule has 123 heavy (non-hydrogen) atoms. The molecule has 6 unspecified atom stereocenters. The first kappa shape index (κ1) is 85.9. The second-order valence-electron chi connectivity index (χ2n) is 52.2. The fourth-order valence-electron chi connectivity index (χ4n) is 33.6. The summed E-state index contributed by atoms with van der Waals surface area (Å²) in [6, 6.07) is 0. The summed E-state index contributed by atoms with van der Waals surface area (Å²) < 4.78 is 89.3. The Hall–Kier alpha value is 0. The van der Waals surface area contributed by atoms with Gasteiger partial charge in [-0.15, -0.1) is 0 Å². The van der Waals surface area contributed by atoms with Crippen LogP contribution in [0.2, 0.25) is 0 Å². The van der Waals surface area contributed by atoms with E-state index in [0.717, 1.165) is 142 Å². The van der Waals surface area contributed by atoms with Crippen molar-refractivity contribution in [2.75, 3.05) is 0 Å². The highest BCUT2D eigenvalue weighted by molar-refractivity contribution is 5.06. The van der Waals surface area contributed by atoms with Crippen LogP contribution in [0, 0.1) is 168 Å². The van der Waals surface area contributed by atoms with Gasteiger partial charge < -0.3 is 0 Å². The molecule has 0 heterocycles. The monoisotopic (exact) mass is 1710 g/mol. The van der Waals surface area contributed by atoms with Crippen molar-refractivity contribution in [2.24, 2.45) is 168 Å². The van der Waals surface area contributed by atoms with Crippen LogP contribution in [0.15, 0.2) is 0 Å². The molecule has 0 N–H and O–H groups in total. The highest BCUT2D eigenvalue weighted by Gasteiger charge is 2.55. The van der Waals surface area contributed by atoms with Gasteiger partial charge in [0.1, 0.15) is 0 Å². The van der Waals surface area contributed by atoms with E-state index in [1.165, 1.54) is 462 Å². The average molecular weight is 1710 g/mol. The summed E-state index contributed by atoms with van der Waals surface area (Å²) in [7, 11) is 0. The van der Waals surface area contributed by atoms with E-state index in [1.54, 1.807) is 0 Å². The van der Waals surface area contributed by atoms with Crippen molar-refractivity contribution < 1.29 is 15.1 Å². The normalized spacial score (nSPS) is 50.8. The molecule has 0 aromatic rings. The van der Waals surface area contributed by atoms with Gasteiger partial charge in [-0.25, -0.2) is 0 Å². The van der Waals surface area contributed by atoms with Crippen LogP contribution in [-0.4, -0.2) is 0 Å². The number of rotatable bonds is 0. The molecule has 0 amide bonds. The van der Waals surface area contributed by atoms with Crippen LogP contribution < -0.4 is 0 Å². The molecule has 4 spiro atoms. The van der Waals surface area contributed by atoms with Crippen LogP contribution in [0.3, 0.4) is 0 Å². The summed E-state index contributed by atoms with van der Waals surface area (Å²) in [6.07, 6.45) is 112. The van der Waals surface area contributed by atoms with E-state index >= 15 is 0 Å². The highest BCUT2D eigenvalue weighted by atomic mass is 14.6. The second-order valence-corrected chi connectivity index (χ2v) is 52.2. The molecule has 0 nitrogen and oxygen atoms in total. The molecule has 0 aromatic carbocycles. The maximum absolute atomic E-state index is 8.46.